The van der Waals surface area contributed by atoms with Crippen molar-refractivity contribution in [2.24, 2.45) is 5.73 Å². The third kappa shape index (κ3) is 3.19. The number of carbonyl (C=O) groups excluding carboxylic acids is 1. The Morgan fingerprint density at radius 3 is 2.76 bits per heavy atom. The second-order valence-electron chi connectivity index (χ2n) is 3.10. The first-order valence-electron chi connectivity index (χ1n) is 4.85. The van der Waals surface area contributed by atoms with Gasteiger partial charge in [-0.2, -0.15) is 0 Å². The van der Waals surface area contributed by atoms with Crippen molar-refractivity contribution >= 4 is 21.9 Å². The Morgan fingerprint density at radius 1 is 1.65 bits per heavy atom. The Labute approximate surface area is 105 Å². The fourth-order valence-corrected chi connectivity index (χ4v) is 1.90. The van der Waals surface area contributed by atoms with Gasteiger partial charge in [-0.25, -0.2) is 18.6 Å². The van der Waals surface area contributed by atoms with Gasteiger partial charge < -0.3 is 10.5 Å². The first-order valence-corrected chi connectivity index (χ1v) is 5.65. The lowest BCUT2D eigenvalue weighted by molar-refractivity contribution is 0.0518. The molecule has 1 rings (SSSR count). The number of esters is 1. The molecule has 0 atom stereocenters. The predicted molar refractivity (Wildman–Crippen MR) is 60.7 cm³/mol. The molecule has 0 amide bonds. The van der Waals surface area contributed by atoms with Gasteiger partial charge in [-0.05, 0) is 34.5 Å². The van der Waals surface area contributed by atoms with Crippen molar-refractivity contribution < 1.29 is 18.3 Å². The van der Waals surface area contributed by atoms with Gasteiger partial charge in [0, 0.05) is 6.54 Å². The topological polar surface area (TPSA) is 65.2 Å². The van der Waals surface area contributed by atoms with E-state index in [2.05, 4.69) is 20.9 Å². The van der Waals surface area contributed by atoms with Gasteiger partial charge in [0.25, 0.3) is 6.43 Å². The molecule has 0 aliphatic rings. The quantitative estimate of drug-likeness (QED) is 0.685. The SMILES string of the molecule is CCOC(=O)c1cc(CN)c(C(F)F)c(Br)n1. The number of nitrogens with two attached hydrogens (primary N) is 1. The summed E-state index contributed by atoms with van der Waals surface area (Å²) in [7, 11) is 0. The monoisotopic (exact) mass is 308 g/mol. The number of ether oxygens (including phenoxy) is 1. The molecule has 1 aromatic rings. The summed E-state index contributed by atoms with van der Waals surface area (Å²) in [5.74, 6) is -0.663. The molecule has 0 spiro atoms. The maximum atomic E-state index is 12.7. The number of pyridine rings is 1. The lowest BCUT2D eigenvalue weighted by atomic mass is 10.1. The summed E-state index contributed by atoms with van der Waals surface area (Å²) in [6.45, 7) is 1.73. The van der Waals surface area contributed by atoms with E-state index in [0.717, 1.165) is 0 Å². The molecule has 7 heteroatoms. The van der Waals surface area contributed by atoms with Crippen LogP contribution in [-0.2, 0) is 11.3 Å². The first kappa shape index (κ1) is 14.0. The van der Waals surface area contributed by atoms with Gasteiger partial charge in [-0.15, -0.1) is 0 Å². The molecular weight excluding hydrogens is 298 g/mol. The van der Waals surface area contributed by atoms with Gasteiger partial charge in [0.1, 0.15) is 10.3 Å². The molecule has 17 heavy (non-hydrogen) atoms. The average molecular weight is 309 g/mol. The van der Waals surface area contributed by atoms with Crippen LogP contribution < -0.4 is 5.73 Å². The minimum absolute atomic E-state index is 0.0384. The Bertz CT molecular complexity index is 427. The Kier molecular flexibility index (Phi) is 4.95. The van der Waals surface area contributed by atoms with Crippen molar-refractivity contribution in [2.75, 3.05) is 6.61 Å². The molecule has 1 aromatic heterocycles. The zero-order valence-electron chi connectivity index (χ0n) is 9.04. The molecule has 0 radical (unpaired) electrons. The van der Waals surface area contributed by atoms with Gasteiger partial charge >= 0.3 is 5.97 Å². The number of rotatable bonds is 4. The van der Waals surface area contributed by atoms with Crippen LogP contribution in [0.15, 0.2) is 10.7 Å². The minimum Gasteiger partial charge on any atom is -0.461 e. The Hall–Kier alpha value is -1.08. The van der Waals surface area contributed by atoms with Crippen LogP contribution in [-0.4, -0.2) is 17.6 Å². The van der Waals surface area contributed by atoms with E-state index < -0.39 is 12.4 Å². The van der Waals surface area contributed by atoms with Crippen molar-refractivity contribution in [2.45, 2.75) is 19.9 Å². The molecule has 0 aliphatic heterocycles. The smallest absolute Gasteiger partial charge is 0.356 e. The zero-order valence-corrected chi connectivity index (χ0v) is 10.6. The van der Waals surface area contributed by atoms with Crippen molar-refractivity contribution in [3.63, 3.8) is 0 Å². The van der Waals surface area contributed by atoms with Crippen LogP contribution in [0.1, 0.15) is 35.0 Å². The highest BCUT2D eigenvalue weighted by molar-refractivity contribution is 9.10. The van der Waals surface area contributed by atoms with E-state index in [0.29, 0.717) is 0 Å². The van der Waals surface area contributed by atoms with Crippen LogP contribution in [0.5, 0.6) is 0 Å². The maximum Gasteiger partial charge on any atom is 0.356 e. The number of halogens is 3. The van der Waals surface area contributed by atoms with Gasteiger partial charge in [-0.3, -0.25) is 0 Å². The number of nitrogens with zero attached hydrogens (tertiary/aromatic N) is 1. The fourth-order valence-electron chi connectivity index (χ4n) is 1.28. The van der Waals surface area contributed by atoms with E-state index in [4.69, 9.17) is 10.5 Å². The molecule has 0 saturated carbocycles. The molecule has 0 aliphatic carbocycles. The van der Waals surface area contributed by atoms with Crippen LogP contribution >= 0.6 is 15.9 Å². The molecule has 0 bridgehead atoms. The minimum atomic E-state index is -2.70. The molecule has 4 nitrogen and oxygen atoms in total. The fraction of sp³-hybridized carbons (Fsp3) is 0.400. The highest BCUT2D eigenvalue weighted by atomic mass is 79.9. The van der Waals surface area contributed by atoms with Crippen molar-refractivity contribution in [1.82, 2.24) is 4.98 Å². The lowest BCUT2D eigenvalue weighted by Crippen LogP contribution is -2.12. The van der Waals surface area contributed by atoms with Crippen molar-refractivity contribution in [3.05, 3.63) is 27.5 Å². The molecule has 0 aromatic carbocycles. The molecular formula is C10H11BrF2N2O2. The van der Waals surface area contributed by atoms with Crippen LogP contribution in [0, 0.1) is 0 Å². The summed E-state index contributed by atoms with van der Waals surface area (Å²) in [6, 6.07) is 1.23. The number of carbonyl (C=O) groups is 1. The Balaban J connectivity index is 3.22. The molecule has 0 unspecified atom stereocenters. The number of alkyl halides is 2. The summed E-state index contributed by atoms with van der Waals surface area (Å²) in [5, 5.41) is 0. The predicted octanol–water partition coefficient (Wildman–Crippen LogP) is 2.42. The normalized spacial score (nSPS) is 10.7. The third-order valence-corrected chi connectivity index (χ3v) is 2.62. The molecule has 2 N–H and O–H groups in total. The van der Waals surface area contributed by atoms with E-state index in [1.54, 1.807) is 6.92 Å². The maximum absolute atomic E-state index is 12.7. The molecule has 0 fully saturated rings. The number of aromatic nitrogens is 1. The van der Waals surface area contributed by atoms with E-state index >= 15 is 0 Å². The number of hydrogen-bond donors (Lipinski definition) is 1. The number of hydrogen-bond acceptors (Lipinski definition) is 4. The van der Waals surface area contributed by atoms with Crippen molar-refractivity contribution in [3.8, 4) is 0 Å². The highest BCUT2D eigenvalue weighted by Gasteiger charge is 2.21. The summed E-state index contributed by atoms with van der Waals surface area (Å²) >= 11 is 2.90. The third-order valence-electron chi connectivity index (χ3n) is 2.02. The zero-order chi connectivity index (χ0) is 13.0. The first-order chi connectivity index (χ1) is 8.01. The highest BCUT2D eigenvalue weighted by Crippen LogP contribution is 2.29. The average Bonchev–Trinajstić information content (AvgIpc) is 2.27. The van der Waals surface area contributed by atoms with Crippen LogP contribution in [0.3, 0.4) is 0 Å². The second-order valence-corrected chi connectivity index (χ2v) is 3.85. The molecule has 1 heterocycles. The molecule has 0 saturated heterocycles. The van der Waals surface area contributed by atoms with Gasteiger partial charge in [-0.1, -0.05) is 0 Å². The van der Waals surface area contributed by atoms with Gasteiger partial charge in [0.15, 0.2) is 0 Å². The lowest BCUT2D eigenvalue weighted by Gasteiger charge is -2.10. The van der Waals surface area contributed by atoms with Gasteiger partial charge in [0.2, 0.25) is 0 Å². The van der Waals surface area contributed by atoms with E-state index in [-0.39, 0.29) is 34.6 Å². The van der Waals surface area contributed by atoms with Crippen molar-refractivity contribution in [1.29, 1.82) is 0 Å². The summed E-state index contributed by atoms with van der Waals surface area (Å²) in [6.07, 6.45) is -2.70. The Morgan fingerprint density at radius 2 is 2.29 bits per heavy atom. The van der Waals surface area contributed by atoms with Crippen LogP contribution in [0.25, 0.3) is 0 Å². The van der Waals surface area contributed by atoms with Gasteiger partial charge in [0.05, 0.1) is 12.2 Å². The van der Waals surface area contributed by atoms with E-state index in [1.807, 2.05) is 0 Å². The summed E-state index contributed by atoms with van der Waals surface area (Å²) < 4.78 is 30.1. The molecule has 94 valence electrons. The second kappa shape index (κ2) is 6.02. The summed E-state index contributed by atoms with van der Waals surface area (Å²) in [5.41, 5.74) is 5.21. The summed E-state index contributed by atoms with van der Waals surface area (Å²) in [4.78, 5) is 15.1. The largest absolute Gasteiger partial charge is 0.461 e. The van der Waals surface area contributed by atoms with E-state index in [9.17, 15) is 13.6 Å². The van der Waals surface area contributed by atoms with Crippen LogP contribution in [0.2, 0.25) is 0 Å². The van der Waals surface area contributed by atoms with E-state index in [1.165, 1.54) is 6.07 Å². The van der Waals surface area contributed by atoms with Crippen LogP contribution in [0.4, 0.5) is 8.78 Å². The standard InChI is InChI=1S/C10H11BrF2N2O2/c1-2-17-10(16)6-3-5(4-14)7(9(12)13)8(11)15-6/h3,9H,2,4,14H2,1H3.